The van der Waals surface area contributed by atoms with Gasteiger partial charge in [0, 0.05) is 43.1 Å². The van der Waals surface area contributed by atoms with E-state index in [9.17, 15) is 33.0 Å². The van der Waals surface area contributed by atoms with E-state index in [0.717, 1.165) is 5.56 Å². The molecule has 1 fully saturated rings. The molecule has 11 heteroatoms. The van der Waals surface area contributed by atoms with Crippen molar-refractivity contribution in [1.82, 2.24) is 14.5 Å². The van der Waals surface area contributed by atoms with Crippen molar-refractivity contribution in [2.45, 2.75) is 65.8 Å². The second-order valence-electron chi connectivity index (χ2n) is 10.1. The lowest BCUT2D eigenvalue weighted by atomic mass is 9.92. The predicted octanol–water partition coefficient (Wildman–Crippen LogP) is 4.07. The summed E-state index contributed by atoms with van der Waals surface area (Å²) in [5, 5.41) is 20.6. The van der Waals surface area contributed by atoms with Crippen LogP contribution in [0, 0.1) is 18.7 Å². The van der Waals surface area contributed by atoms with E-state index >= 15 is 0 Å². The predicted molar refractivity (Wildman–Crippen MR) is 143 cm³/mol. The number of alkyl halides is 2. The van der Waals surface area contributed by atoms with Crippen LogP contribution in [0.2, 0.25) is 0 Å². The number of carbonyl (C=O) groups excluding carboxylic acids is 1. The van der Waals surface area contributed by atoms with Crippen LogP contribution in [0.4, 0.5) is 13.2 Å². The molecule has 2 atom stereocenters. The third kappa shape index (κ3) is 5.25. The van der Waals surface area contributed by atoms with Gasteiger partial charge in [-0.05, 0) is 42.7 Å². The summed E-state index contributed by atoms with van der Waals surface area (Å²) in [6.45, 7) is 6.85. The first kappa shape index (κ1) is 29.7. The lowest BCUT2D eigenvalue weighted by Gasteiger charge is -2.38. The number of likely N-dealkylation sites (tertiary alicyclic amines) is 1. The van der Waals surface area contributed by atoms with Crippen LogP contribution in [0.15, 0.2) is 23.0 Å². The summed E-state index contributed by atoms with van der Waals surface area (Å²) in [5.74, 6) is -4.62. The van der Waals surface area contributed by atoms with Gasteiger partial charge in [-0.15, -0.1) is 0 Å². The second kappa shape index (κ2) is 11.7. The molecule has 0 bridgehead atoms. The van der Waals surface area contributed by atoms with Crippen LogP contribution in [-0.2, 0) is 29.2 Å². The summed E-state index contributed by atoms with van der Waals surface area (Å²) < 4.78 is 49.4. The fraction of sp³-hybridized carbons (Fsp3) is 0.483. The number of hydrogen-bond acceptors (Lipinski definition) is 7. The number of piperidine rings is 1. The molecule has 8 nitrogen and oxygen atoms in total. The van der Waals surface area contributed by atoms with Crippen molar-refractivity contribution >= 4 is 17.4 Å². The first-order valence-electron chi connectivity index (χ1n) is 13.4. The smallest absolute Gasteiger partial charge is 0.293 e. The van der Waals surface area contributed by atoms with Gasteiger partial charge in [-0.2, -0.15) is 0 Å². The molecule has 0 aliphatic carbocycles. The Morgan fingerprint density at radius 2 is 1.98 bits per heavy atom. The molecule has 5 rings (SSSR count). The maximum Gasteiger partial charge on any atom is 0.293 e. The van der Waals surface area contributed by atoms with Crippen molar-refractivity contribution in [1.29, 1.82) is 0 Å². The highest BCUT2D eigenvalue weighted by Gasteiger charge is 2.43. The number of aromatic nitrogens is 2. The Morgan fingerprint density at radius 3 is 2.62 bits per heavy atom. The van der Waals surface area contributed by atoms with Gasteiger partial charge in [0.05, 0.1) is 47.6 Å². The molecular formula is C29H34F3N3O5. The Bertz CT molecular complexity index is 1490. The molecule has 2 unspecified atom stereocenters. The number of fused-ring (bicyclic) bond motifs is 4. The number of hydrogen-bond donors (Lipinski definition) is 2. The van der Waals surface area contributed by atoms with Gasteiger partial charge in [0.25, 0.3) is 18.0 Å². The minimum atomic E-state index is -2.96. The number of carbonyl (C=O) groups is 1. The molecule has 0 saturated carbocycles. The maximum atomic E-state index is 14.6. The Labute approximate surface area is 230 Å². The minimum Gasteiger partial charge on any atom is -0.463 e. The van der Waals surface area contributed by atoms with Gasteiger partial charge >= 0.3 is 0 Å². The van der Waals surface area contributed by atoms with Gasteiger partial charge in [-0.3, -0.25) is 14.5 Å². The van der Waals surface area contributed by atoms with E-state index in [2.05, 4.69) is 0 Å². The van der Waals surface area contributed by atoms with Crippen LogP contribution < -0.4 is 5.56 Å². The van der Waals surface area contributed by atoms with Crippen molar-refractivity contribution in [3.05, 3.63) is 62.2 Å². The van der Waals surface area contributed by atoms with E-state index in [1.807, 2.05) is 18.7 Å². The quantitative estimate of drug-likeness (QED) is 0.328. The molecule has 0 amide bonds. The van der Waals surface area contributed by atoms with E-state index in [1.165, 1.54) is 17.6 Å². The first-order chi connectivity index (χ1) is 19.1. The lowest BCUT2D eigenvalue weighted by Crippen LogP contribution is -2.48. The van der Waals surface area contributed by atoms with Crippen molar-refractivity contribution in [2.24, 2.45) is 5.92 Å². The van der Waals surface area contributed by atoms with Crippen molar-refractivity contribution in [3.8, 4) is 11.4 Å². The largest absolute Gasteiger partial charge is 0.463 e. The van der Waals surface area contributed by atoms with E-state index in [1.54, 1.807) is 19.1 Å². The second-order valence-corrected chi connectivity index (χ2v) is 10.1. The molecule has 0 radical (unpaired) electrons. The number of nitrogens with zero attached hydrogens (tertiary/aromatic N) is 3. The molecule has 2 aromatic heterocycles. The van der Waals surface area contributed by atoms with Crippen LogP contribution in [0.5, 0.6) is 0 Å². The summed E-state index contributed by atoms with van der Waals surface area (Å²) in [6.07, 6.45) is -1.43. The summed E-state index contributed by atoms with van der Waals surface area (Å²) >= 11 is 0. The summed E-state index contributed by atoms with van der Waals surface area (Å²) in [6, 6.07) is 4.61. The van der Waals surface area contributed by atoms with Gasteiger partial charge < -0.3 is 19.5 Å². The summed E-state index contributed by atoms with van der Waals surface area (Å²) in [5.41, 5.74) is 3.04. The molecule has 3 aromatic rings. The summed E-state index contributed by atoms with van der Waals surface area (Å²) in [4.78, 5) is 30.8. The standard InChI is InChI=1S/C27H28F3N3O5.C2H6/c1-14-5-18-19(9-32-4-3-27(29,30)16(8-32)11-34)20-10-33-24(25(20)31-23(18)7-22(14)28)6-17(15(2)36)21(26(33)37)12-38-13-35;1-2/h5-7,13,15-16,34,36H,3-4,8-12H2,1-2H3;1-2H3. The molecule has 216 valence electrons. The van der Waals surface area contributed by atoms with Crippen molar-refractivity contribution < 1.29 is 32.9 Å². The number of aryl methyl sites for hydroxylation is 1. The first-order valence-corrected chi connectivity index (χ1v) is 13.4. The van der Waals surface area contributed by atoms with E-state index < -0.39 is 42.3 Å². The highest BCUT2D eigenvalue weighted by molar-refractivity contribution is 5.88. The van der Waals surface area contributed by atoms with E-state index in [-0.39, 0.29) is 44.8 Å². The van der Waals surface area contributed by atoms with Gasteiger partial charge in [0.2, 0.25) is 0 Å². The number of pyridine rings is 2. The van der Waals surface area contributed by atoms with Gasteiger partial charge in [-0.25, -0.2) is 18.2 Å². The zero-order valence-corrected chi connectivity index (χ0v) is 23.0. The topological polar surface area (TPSA) is 105 Å². The Hall–Kier alpha value is -3.28. The van der Waals surface area contributed by atoms with Crippen LogP contribution in [0.1, 0.15) is 61.1 Å². The molecule has 4 heterocycles. The Balaban J connectivity index is 0.00000181. The number of rotatable bonds is 7. The van der Waals surface area contributed by atoms with Gasteiger partial charge in [0.15, 0.2) is 0 Å². The van der Waals surface area contributed by atoms with E-state index in [4.69, 9.17) is 9.72 Å². The average molecular weight is 562 g/mol. The zero-order chi connectivity index (χ0) is 29.4. The number of aliphatic hydroxyl groups is 2. The van der Waals surface area contributed by atoms with Crippen LogP contribution in [0.3, 0.4) is 0 Å². The van der Waals surface area contributed by atoms with Crippen LogP contribution in [0.25, 0.3) is 22.3 Å². The average Bonchev–Trinajstić information content (AvgIpc) is 3.29. The fourth-order valence-corrected chi connectivity index (χ4v) is 5.52. The molecule has 1 aromatic carbocycles. The van der Waals surface area contributed by atoms with Crippen LogP contribution in [-0.4, -0.2) is 56.8 Å². The van der Waals surface area contributed by atoms with Crippen molar-refractivity contribution in [2.75, 3.05) is 19.7 Å². The molecule has 2 N–H and O–H groups in total. The molecule has 2 aliphatic heterocycles. The number of ether oxygens (including phenoxy) is 1. The molecule has 0 spiro atoms. The maximum absolute atomic E-state index is 14.6. The monoisotopic (exact) mass is 561 g/mol. The fourth-order valence-electron chi connectivity index (χ4n) is 5.52. The van der Waals surface area contributed by atoms with Gasteiger partial charge in [-0.1, -0.05) is 13.8 Å². The highest BCUT2D eigenvalue weighted by Crippen LogP contribution is 2.39. The third-order valence-corrected chi connectivity index (χ3v) is 7.66. The summed E-state index contributed by atoms with van der Waals surface area (Å²) in [7, 11) is 0. The Morgan fingerprint density at radius 1 is 1.25 bits per heavy atom. The molecule has 2 aliphatic rings. The zero-order valence-electron chi connectivity index (χ0n) is 23.0. The lowest BCUT2D eigenvalue weighted by molar-refractivity contribution is -0.129. The van der Waals surface area contributed by atoms with Crippen molar-refractivity contribution in [3.63, 3.8) is 0 Å². The molecule has 1 saturated heterocycles. The van der Waals surface area contributed by atoms with E-state index in [0.29, 0.717) is 39.0 Å². The number of aliphatic hydroxyl groups excluding tert-OH is 2. The highest BCUT2D eigenvalue weighted by atomic mass is 19.3. The molecule has 40 heavy (non-hydrogen) atoms. The minimum absolute atomic E-state index is 0.0193. The molecular weight excluding hydrogens is 527 g/mol. The number of benzene rings is 1. The Kier molecular flexibility index (Phi) is 8.67. The number of halogens is 3. The van der Waals surface area contributed by atoms with Crippen LogP contribution >= 0.6 is 0 Å². The SMILES string of the molecule is CC.Cc1cc2c(CN3CCC(F)(F)C(CO)C3)c3c(nc2cc1F)-c1cc(C(C)O)c(COC=O)c(=O)n1C3. The van der Waals surface area contributed by atoms with Gasteiger partial charge in [0.1, 0.15) is 12.4 Å². The third-order valence-electron chi connectivity index (χ3n) is 7.66. The normalized spacial score (nSPS) is 18.5.